The molecule has 0 saturated heterocycles. The van der Waals surface area contributed by atoms with E-state index in [2.05, 4.69) is 19.1 Å². The summed E-state index contributed by atoms with van der Waals surface area (Å²) in [6, 6.07) is 6.12. The van der Waals surface area contributed by atoms with Crippen molar-refractivity contribution in [3.05, 3.63) is 34.9 Å². The van der Waals surface area contributed by atoms with Crippen LogP contribution in [0.15, 0.2) is 18.2 Å². The van der Waals surface area contributed by atoms with Gasteiger partial charge in [0.05, 0.1) is 12.6 Å². The summed E-state index contributed by atoms with van der Waals surface area (Å²) in [5.74, 6) is 0. The van der Waals surface area contributed by atoms with Crippen LogP contribution in [0.5, 0.6) is 0 Å². The minimum Gasteiger partial charge on any atom is -0.444 e. The molecule has 1 amide bonds. The Kier molecular flexibility index (Phi) is 5.12. The molecular weight excluding hydrogens is 278 g/mol. The molecule has 0 aliphatic carbocycles. The van der Waals surface area contributed by atoms with Gasteiger partial charge in [-0.15, -0.1) is 0 Å². The van der Waals surface area contributed by atoms with Crippen molar-refractivity contribution in [2.45, 2.75) is 65.2 Å². The topological polar surface area (TPSA) is 49.8 Å². The normalized spacial score (nSPS) is 18.0. The highest BCUT2D eigenvalue weighted by Crippen LogP contribution is 2.34. The van der Waals surface area contributed by atoms with Gasteiger partial charge in [-0.25, -0.2) is 4.79 Å². The van der Waals surface area contributed by atoms with Crippen LogP contribution in [0, 0.1) is 0 Å². The van der Waals surface area contributed by atoms with Crippen molar-refractivity contribution in [3.8, 4) is 0 Å². The number of aliphatic hydroxyl groups is 1. The zero-order valence-electron chi connectivity index (χ0n) is 14.1. The van der Waals surface area contributed by atoms with Crippen molar-refractivity contribution in [2.24, 2.45) is 0 Å². The van der Waals surface area contributed by atoms with Crippen molar-refractivity contribution >= 4 is 6.09 Å². The number of carbonyl (C=O) groups is 1. The van der Waals surface area contributed by atoms with Gasteiger partial charge in [0, 0.05) is 6.54 Å². The third kappa shape index (κ3) is 3.80. The Balaban J connectivity index is 2.28. The van der Waals surface area contributed by atoms with Crippen LogP contribution in [-0.2, 0) is 17.8 Å². The molecule has 4 nitrogen and oxygen atoms in total. The van der Waals surface area contributed by atoms with Crippen molar-refractivity contribution in [1.29, 1.82) is 0 Å². The van der Waals surface area contributed by atoms with Gasteiger partial charge in [0.15, 0.2) is 0 Å². The number of rotatable bonds is 3. The standard InChI is InChI=1S/C18H27NO3/c1-5-6-16-15-8-7-13(12-20)11-14(15)9-10-19(16)17(21)22-18(2,3)4/h7-8,11,16,20H,5-6,9-10,12H2,1-4H3. The molecule has 4 heteroatoms. The molecule has 0 saturated carbocycles. The van der Waals surface area contributed by atoms with Gasteiger partial charge in [0.25, 0.3) is 0 Å². The number of amides is 1. The van der Waals surface area contributed by atoms with Crippen LogP contribution >= 0.6 is 0 Å². The molecule has 1 aromatic carbocycles. The van der Waals surface area contributed by atoms with E-state index < -0.39 is 5.60 Å². The van der Waals surface area contributed by atoms with E-state index >= 15 is 0 Å². The predicted molar refractivity (Wildman–Crippen MR) is 86.7 cm³/mol. The molecule has 0 radical (unpaired) electrons. The summed E-state index contributed by atoms with van der Waals surface area (Å²) < 4.78 is 5.56. The number of nitrogens with zero attached hydrogens (tertiary/aromatic N) is 1. The molecule has 0 aromatic heterocycles. The Morgan fingerprint density at radius 3 is 2.73 bits per heavy atom. The fourth-order valence-electron chi connectivity index (χ4n) is 2.99. The summed E-state index contributed by atoms with van der Waals surface area (Å²) in [6.45, 7) is 8.54. The van der Waals surface area contributed by atoms with Crippen LogP contribution in [-0.4, -0.2) is 28.2 Å². The van der Waals surface area contributed by atoms with E-state index in [0.717, 1.165) is 24.8 Å². The van der Waals surface area contributed by atoms with Crippen LogP contribution in [0.2, 0.25) is 0 Å². The zero-order chi connectivity index (χ0) is 16.3. The van der Waals surface area contributed by atoms with Gasteiger partial charge in [0.2, 0.25) is 0 Å². The lowest BCUT2D eigenvalue weighted by molar-refractivity contribution is 0.0131. The van der Waals surface area contributed by atoms with Crippen molar-refractivity contribution in [2.75, 3.05) is 6.54 Å². The first-order valence-corrected chi connectivity index (χ1v) is 8.08. The molecule has 2 rings (SSSR count). The number of fused-ring (bicyclic) bond motifs is 1. The van der Waals surface area contributed by atoms with Gasteiger partial charge < -0.3 is 14.7 Å². The van der Waals surface area contributed by atoms with E-state index in [-0.39, 0.29) is 18.7 Å². The van der Waals surface area contributed by atoms with Crippen LogP contribution < -0.4 is 0 Å². The van der Waals surface area contributed by atoms with Crippen LogP contribution in [0.3, 0.4) is 0 Å². The Morgan fingerprint density at radius 1 is 1.41 bits per heavy atom. The quantitative estimate of drug-likeness (QED) is 0.923. The minimum absolute atomic E-state index is 0.0570. The average molecular weight is 305 g/mol. The molecule has 0 fully saturated rings. The highest BCUT2D eigenvalue weighted by Gasteiger charge is 2.33. The summed E-state index contributed by atoms with van der Waals surface area (Å²) >= 11 is 0. The number of ether oxygens (including phenoxy) is 1. The molecule has 0 spiro atoms. The largest absolute Gasteiger partial charge is 0.444 e. The van der Waals surface area contributed by atoms with E-state index in [0.29, 0.717) is 6.54 Å². The van der Waals surface area contributed by atoms with Crippen molar-refractivity contribution in [3.63, 3.8) is 0 Å². The zero-order valence-corrected chi connectivity index (χ0v) is 14.1. The molecule has 1 aromatic rings. The first-order valence-electron chi connectivity index (χ1n) is 8.08. The molecule has 22 heavy (non-hydrogen) atoms. The number of carbonyl (C=O) groups excluding carboxylic acids is 1. The third-order valence-electron chi connectivity index (χ3n) is 3.94. The highest BCUT2D eigenvalue weighted by atomic mass is 16.6. The smallest absolute Gasteiger partial charge is 0.410 e. The summed E-state index contributed by atoms with van der Waals surface area (Å²) in [6.07, 6.45) is 2.50. The van der Waals surface area contributed by atoms with Gasteiger partial charge in [-0.2, -0.15) is 0 Å². The molecule has 1 aliphatic rings. The van der Waals surface area contributed by atoms with Gasteiger partial charge in [-0.05, 0) is 50.3 Å². The molecule has 1 unspecified atom stereocenters. The lowest BCUT2D eigenvalue weighted by Gasteiger charge is -2.38. The molecular formula is C18H27NO3. The van der Waals surface area contributed by atoms with E-state index in [1.807, 2.05) is 31.7 Å². The van der Waals surface area contributed by atoms with Crippen LogP contribution in [0.1, 0.15) is 63.3 Å². The predicted octanol–water partition coefficient (Wildman–Crippen LogP) is 3.81. The van der Waals surface area contributed by atoms with Gasteiger partial charge >= 0.3 is 6.09 Å². The Bertz CT molecular complexity index is 534. The van der Waals surface area contributed by atoms with Gasteiger partial charge in [-0.3, -0.25) is 0 Å². The minimum atomic E-state index is -0.477. The van der Waals surface area contributed by atoms with Crippen LogP contribution in [0.25, 0.3) is 0 Å². The summed E-state index contributed by atoms with van der Waals surface area (Å²) in [7, 11) is 0. The van der Waals surface area contributed by atoms with Crippen LogP contribution in [0.4, 0.5) is 4.79 Å². The Morgan fingerprint density at radius 2 is 2.14 bits per heavy atom. The molecule has 1 atom stereocenters. The van der Waals surface area contributed by atoms with Crippen molar-refractivity contribution < 1.29 is 14.6 Å². The highest BCUT2D eigenvalue weighted by molar-refractivity contribution is 5.69. The van der Waals surface area contributed by atoms with Gasteiger partial charge in [-0.1, -0.05) is 31.5 Å². The maximum atomic E-state index is 12.5. The summed E-state index contributed by atoms with van der Waals surface area (Å²) in [5, 5.41) is 9.29. The fourth-order valence-corrected chi connectivity index (χ4v) is 2.99. The number of hydrogen-bond donors (Lipinski definition) is 1. The van der Waals surface area contributed by atoms with E-state index in [1.165, 1.54) is 11.1 Å². The molecule has 1 aliphatic heterocycles. The first-order chi connectivity index (χ1) is 10.4. The average Bonchev–Trinajstić information content (AvgIpc) is 2.45. The monoisotopic (exact) mass is 305 g/mol. The van der Waals surface area contributed by atoms with Gasteiger partial charge in [0.1, 0.15) is 5.60 Å². The van der Waals surface area contributed by atoms with E-state index in [4.69, 9.17) is 4.74 Å². The molecule has 1 heterocycles. The second kappa shape index (κ2) is 6.69. The second-order valence-corrected chi connectivity index (χ2v) is 6.92. The number of hydrogen-bond acceptors (Lipinski definition) is 3. The summed E-state index contributed by atoms with van der Waals surface area (Å²) in [5.41, 5.74) is 2.88. The van der Waals surface area contributed by atoms with Crippen molar-refractivity contribution in [1.82, 2.24) is 4.90 Å². The molecule has 0 bridgehead atoms. The second-order valence-electron chi connectivity index (χ2n) is 6.92. The Hall–Kier alpha value is -1.55. The lowest BCUT2D eigenvalue weighted by Crippen LogP contribution is -2.43. The molecule has 122 valence electrons. The summed E-state index contributed by atoms with van der Waals surface area (Å²) in [4.78, 5) is 14.4. The Labute approximate surface area is 133 Å². The van der Waals surface area contributed by atoms with E-state index in [9.17, 15) is 9.90 Å². The fraction of sp³-hybridized carbons (Fsp3) is 0.611. The maximum absolute atomic E-state index is 12.5. The van der Waals surface area contributed by atoms with E-state index in [1.54, 1.807) is 0 Å². The SMILES string of the molecule is CCCC1c2ccc(CO)cc2CCN1C(=O)OC(C)(C)C. The number of benzene rings is 1. The first kappa shape index (κ1) is 16.8. The molecule has 1 N–H and O–H groups in total. The third-order valence-corrected chi connectivity index (χ3v) is 3.94. The number of aliphatic hydroxyl groups excluding tert-OH is 1. The lowest BCUT2D eigenvalue weighted by atomic mass is 9.89. The maximum Gasteiger partial charge on any atom is 0.410 e.